The third-order valence-electron chi connectivity index (χ3n) is 4.51. The summed E-state index contributed by atoms with van der Waals surface area (Å²) in [4.78, 5) is 4.81. The van der Waals surface area contributed by atoms with Crippen LogP contribution in [0.3, 0.4) is 0 Å². The Morgan fingerprint density at radius 3 is 2.55 bits per heavy atom. The largest absolute Gasteiger partial charge is 0.491 e. The van der Waals surface area contributed by atoms with E-state index < -0.39 is 0 Å². The molecule has 1 saturated heterocycles. The summed E-state index contributed by atoms with van der Waals surface area (Å²) in [5, 5.41) is 2.38. The maximum absolute atomic E-state index is 6.12. The zero-order chi connectivity index (χ0) is 15.4. The smallest absolute Gasteiger partial charge is 0.127 e. The van der Waals surface area contributed by atoms with E-state index in [4.69, 9.17) is 10.5 Å². The highest BCUT2D eigenvalue weighted by atomic mass is 16.5. The summed E-state index contributed by atoms with van der Waals surface area (Å²) in [6, 6.07) is 14.8. The number of hydrogen-bond donors (Lipinski definition) is 1. The van der Waals surface area contributed by atoms with E-state index in [1.165, 1.54) is 10.8 Å². The summed E-state index contributed by atoms with van der Waals surface area (Å²) in [6.07, 6.45) is 0. The fraction of sp³-hybridized carbons (Fsp3) is 0.444. The van der Waals surface area contributed by atoms with Crippen molar-refractivity contribution in [1.29, 1.82) is 0 Å². The SMILES string of the molecule is CN1CCN(C(CN)COc2cccc3ccccc23)CC1. The lowest BCUT2D eigenvalue weighted by Gasteiger charge is -2.37. The average molecular weight is 299 g/mol. The highest BCUT2D eigenvalue weighted by Crippen LogP contribution is 2.25. The van der Waals surface area contributed by atoms with Crippen LogP contribution < -0.4 is 10.5 Å². The minimum atomic E-state index is 0.285. The molecule has 0 aliphatic carbocycles. The Kier molecular flexibility index (Phi) is 4.93. The van der Waals surface area contributed by atoms with Crippen LogP contribution in [0.5, 0.6) is 5.75 Å². The number of fused-ring (bicyclic) bond motifs is 1. The number of ether oxygens (including phenoxy) is 1. The molecule has 1 fully saturated rings. The molecule has 1 heterocycles. The van der Waals surface area contributed by atoms with Crippen LogP contribution >= 0.6 is 0 Å². The summed E-state index contributed by atoms with van der Waals surface area (Å²) in [5.41, 5.74) is 5.98. The van der Waals surface area contributed by atoms with Crippen molar-refractivity contribution >= 4 is 10.8 Å². The van der Waals surface area contributed by atoms with Gasteiger partial charge in [-0.05, 0) is 18.5 Å². The second-order valence-electron chi connectivity index (χ2n) is 6.02. The standard InChI is InChI=1S/C18H25N3O/c1-20-9-11-21(12-10-20)16(13-19)14-22-18-8-4-6-15-5-2-3-7-17(15)18/h2-8,16H,9-14,19H2,1H3. The maximum atomic E-state index is 6.12. The second-order valence-corrected chi connectivity index (χ2v) is 6.02. The molecule has 1 aliphatic rings. The van der Waals surface area contributed by atoms with Gasteiger partial charge in [-0.25, -0.2) is 0 Å². The Balaban J connectivity index is 1.67. The molecule has 1 unspecified atom stereocenters. The van der Waals surface area contributed by atoms with Crippen LogP contribution in [-0.4, -0.2) is 62.2 Å². The topological polar surface area (TPSA) is 41.7 Å². The Labute approximate surface area is 132 Å². The van der Waals surface area contributed by atoms with Gasteiger partial charge in [-0.2, -0.15) is 0 Å². The predicted octanol–water partition coefficient (Wildman–Crippen LogP) is 1.79. The summed E-state index contributed by atoms with van der Waals surface area (Å²) >= 11 is 0. The molecule has 1 aliphatic heterocycles. The third kappa shape index (κ3) is 3.40. The van der Waals surface area contributed by atoms with Crippen LogP contribution in [0.1, 0.15) is 0 Å². The van der Waals surface area contributed by atoms with Crippen molar-refractivity contribution in [3.05, 3.63) is 42.5 Å². The number of nitrogens with two attached hydrogens (primary N) is 1. The molecular weight excluding hydrogens is 274 g/mol. The maximum Gasteiger partial charge on any atom is 0.127 e. The normalized spacial score (nSPS) is 18.5. The van der Waals surface area contributed by atoms with Crippen molar-refractivity contribution in [2.75, 3.05) is 46.4 Å². The summed E-state index contributed by atoms with van der Waals surface area (Å²) in [7, 11) is 2.17. The van der Waals surface area contributed by atoms with Gasteiger partial charge in [0, 0.05) is 38.1 Å². The van der Waals surface area contributed by atoms with Crippen molar-refractivity contribution < 1.29 is 4.74 Å². The van der Waals surface area contributed by atoms with Crippen LogP contribution in [0.2, 0.25) is 0 Å². The molecule has 0 saturated carbocycles. The van der Waals surface area contributed by atoms with Gasteiger partial charge in [0.2, 0.25) is 0 Å². The minimum absolute atomic E-state index is 0.285. The quantitative estimate of drug-likeness (QED) is 0.914. The van der Waals surface area contributed by atoms with Crippen molar-refractivity contribution in [2.24, 2.45) is 5.73 Å². The van der Waals surface area contributed by atoms with Crippen LogP contribution in [0.4, 0.5) is 0 Å². The predicted molar refractivity (Wildman–Crippen MR) is 91.4 cm³/mol. The van der Waals surface area contributed by atoms with Gasteiger partial charge in [0.1, 0.15) is 12.4 Å². The molecule has 0 amide bonds. The molecule has 22 heavy (non-hydrogen) atoms. The number of rotatable bonds is 5. The van der Waals surface area contributed by atoms with Gasteiger partial charge in [-0.3, -0.25) is 4.90 Å². The van der Waals surface area contributed by atoms with E-state index in [1.54, 1.807) is 0 Å². The first-order valence-electron chi connectivity index (χ1n) is 8.01. The van der Waals surface area contributed by atoms with Gasteiger partial charge in [0.25, 0.3) is 0 Å². The van der Waals surface area contributed by atoms with E-state index in [9.17, 15) is 0 Å². The zero-order valence-electron chi connectivity index (χ0n) is 13.2. The molecule has 3 rings (SSSR count). The van der Waals surface area contributed by atoms with E-state index in [1.807, 2.05) is 12.1 Å². The minimum Gasteiger partial charge on any atom is -0.491 e. The third-order valence-corrected chi connectivity index (χ3v) is 4.51. The van der Waals surface area contributed by atoms with Crippen molar-refractivity contribution in [3.63, 3.8) is 0 Å². The molecule has 1 atom stereocenters. The van der Waals surface area contributed by atoms with Crippen LogP contribution in [0.25, 0.3) is 10.8 Å². The molecule has 2 aromatic rings. The van der Waals surface area contributed by atoms with Crippen molar-refractivity contribution in [2.45, 2.75) is 6.04 Å². The van der Waals surface area contributed by atoms with E-state index in [0.29, 0.717) is 13.2 Å². The van der Waals surface area contributed by atoms with Crippen LogP contribution in [0, 0.1) is 0 Å². The molecule has 4 heteroatoms. The van der Waals surface area contributed by atoms with E-state index in [-0.39, 0.29) is 6.04 Å². The molecule has 2 N–H and O–H groups in total. The van der Waals surface area contributed by atoms with Crippen LogP contribution in [0.15, 0.2) is 42.5 Å². The molecule has 0 aromatic heterocycles. The number of likely N-dealkylation sites (N-methyl/N-ethyl adjacent to an activating group) is 1. The average Bonchev–Trinajstić information content (AvgIpc) is 2.57. The molecular formula is C18H25N3O. The summed E-state index contributed by atoms with van der Waals surface area (Å²) in [6.45, 7) is 5.62. The summed E-state index contributed by atoms with van der Waals surface area (Å²) in [5.74, 6) is 0.950. The number of benzene rings is 2. The van der Waals surface area contributed by atoms with Gasteiger partial charge >= 0.3 is 0 Å². The molecule has 118 valence electrons. The first-order chi connectivity index (χ1) is 10.8. The zero-order valence-corrected chi connectivity index (χ0v) is 13.2. The second kappa shape index (κ2) is 7.09. The van der Waals surface area contributed by atoms with Gasteiger partial charge in [-0.1, -0.05) is 36.4 Å². The summed E-state index contributed by atoms with van der Waals surface area (Å²) < 4.78 is 6.12. The van der Waals surface area contributed by atoms with E-state index >= 15 is 0 Å². The van der Waals surface area contributed by atoms with Gasteiger partial charge in [0.15, 0.2) is 0 Å². The van der Waals surface area contributed by atoms with Crippen LogP contribution in [-0.2, 0) is 0 Å². The Hall–Kier alpha value is -1.62. The fourth-order valence-electron chi connectivity index (χ4n) is 3.02. The van der Waals surface area contributed by atoms with Gasteiger partial charge in [-0.15, -0.1) is 0 Å². The molecule has 4 nitrogen and oxygen atoms in total. The Morgan fingerprint density at radius 1 is 1.05 bits per heavy atom. The molecule has 0 radical (unpaired) electrons. The van der Waals surface area contributed by atoms with Gasteiger partial charge < -0.3 is 15.4 Å². The number of piperazine rings is 1. The highest BCUT2D eigenvalue weighted by Gasteiger charge is 2.22. The van der Waals surface area contributed by atoms with Crippen molar-refractivity contribution in [1.82, 2.24) is 9.80 Å². The highest BCUT2D eigenvalue weighted by molar-refractivity contribution is 5.88. The fourth-order valence-corrected chi connectivity index (χ4v) is 3.02. The Bertz CT molecular complexity index is 603. The first kappa shape index (κ1) is 15.3. The van der Waals surface area contributed by atoms with Gasteiger partial charge in [0.05, 0.1) is 6.04 Å². The lowest BCUT2D eigenvalue weighted by molar-refractivity contribution is 0.0860. The number of hydrogen-bond acceptors (Lipinski definition) is 4. The Morgan fingerprint density at radius 2 is 1.77 bits per heavy atom. The molecule has 2 aromatic carbocycles. The molecule has 0 spiro atoms. The van der Waals surface area contributed by atoms with E-state index in [0.717, 1.165) is 31.9 Å². The molecule has 0 bridgehead atoms. The monoisotopic (exact) mass is 299 g/mol. The van der Waals surface area contributed by atoms with Crippen molar-refractivity contribution in [3.8, 4) is 5.75 Å². The first-order valence-corrected chi connectivity index (χ1v) is 8.01. The lowest BCUT2D eigenvalue weighted by atomic mass is 10.1. The number of nitrogens with zero attached hydrogens (tertiary/aromatic N) is 2. The van der Waals surface area contributed by atoms with E-state index in [2.05, 4.69) is 47.2 Å². The lowest BCUT2D eigenvalue weighted by Crippen LogP contribution is -2.53.